The highest BCUT2D eigenvalue weighted by atomic mass is 19.4. The number of carbonyl (C=O) groups excluding carboxylic acids is 2. The summed E-state index contributed by atoms with van der Waals surface area (Å²) in [6, 6.07) is 18.3. The van der Waals surface area contributed by atoms with Gasteiger partial charge in [0.25, 0.3) is 0 Å². The quantitative estimate of drug-likeness (QED) is 0.213. The molecule has 3 aromatic rings. The van der Waals surface area contributed by atoms with Gasteiger partial charge in [-0.1, -0.05) is 30.3 Å². The van der Waals surface area contributed by atoms with Crippen molar-refractivity contribution >= 4 is 17.7 Å². The van der Waals surface area contributed by atoms with E-state index in [1.807, 2.05) is 24.3 Å². The number of amides is 2. The number of methoxy groups -OCH3 is 2. The Balaban J connectivity index is 0.00000149. The van der Waals surface area contributed by atoms with Crippen molar-refractivity contribution in [3.8, 4) is 5.75 Å². The standard InChI is InChI=1S/C28H30F2N2O3.C4H6F3NO2.3H2/c1-34-22-11-7-20(8-12-22)25(19-5-9-21(29)10-6-19)17-28(33)32-27-4-2-3-26(30)24(27)14-13-23-18-31-15-16-35-23;1-10-3(9)8-2-4(5,6)7;;;/h2-12,23,25,31H,13-18H2,1H3,(H,32,33);2H2,1H3,(H,8,9);3*1H/t23-,25-;;;;/m1..../s1. The molecule has 0 radical (unpaired) electrons. The lowest BCUT2D eigenvalue weighted by atomic mass is 9.88. The first kappa shape index (κ1) is 35.3. The number of alkyl halides is 3. The molecule has 1 aliphatic rings. The maximum atomic E-state index is 14.7. The molecule has 0 aliphatic carbocycles. The maximum Gasteiger partial charge on any atom is 0.407 e. The molecule has 2 atom stereocenters. The van der Waals surface area contributed by atoms with Crippen LogP contribution in [0.3, 0.4) is 0 Å². The van der Waals surface area contributed by atoms with Crippen molar-refractivity contribution in [1.29, 1.82) is 0 Å². The minimum atomic E-state index is -4.38. The third-order valence-electron chi connectivity index (χ3n) is 6.91. The van der Waals surface area contributed by atoms with E-state index in [4.69, 9.17) is 9.47 Å². The fraction of sp³-hybridized carbons (Fsp3) is 0.375. The lowest BCUT2D eigenvalue weighted by molar-refractivity contribution is -0.123. The van der Waals surface area contributed by atoms with Crippen LogP contribution < -0.4 is 20.7 Å². The van der Waals surface area contributed by atoms with Crippen LogP contribution in [-0.4, -0.2) is 64.7 Å². The number of rotatable bonds is 10. The number of hydrogen-bond donors (Lipinski definition) is 3. The van der Waals surface area contributed by atoms with Gasteiger partial charge in [0, 0.05) is 41.0 Å². The zero-order chi connectivity index (χ0) is 32.8. The Morgan fingerprint density at radius 2 is 1.69 bits per heavy atom. The molecule has 0 spiro atoms. The Morgan fingerprint density at radius 1 is 1.02 bits per heavy atom. The second kappa shape index (κ2) is 17.3. The zero-order valence-electron chi connectivity index (χ0n) is 24.9. The third-order valence-corrected chi connectivity index (χ3v) is 6.91. The second-order valence-corrected chi connectivity index (χ2v) is 10.1. The molecule has 3 aromatic carbocycles. The summed E-state index contributed by atoms with van der Waals surface area (Å²) in [7, 11) is 2.58. The van der Waals surface area contributed by atoms with E-state index < -0.39 is 18.8 Å². The molecule has 45 heavy (non-hydrogen) atoms. The summed E-state index contributed by atoms with van der Waals surface area (Å²) in [6.45, 7) is 0.833. The monoisotopic (exact) mass is 643 g/mol. The molecule has 1 heterocycles. The van der Waals surface area contributed by atoms with E-state index >= 15 is 0 Å². The SMILES string of the molecule is COC(=O)NCC(F)(F)F.COc1ccc([C@H](CC(=O)Nc2cccc(F)c2CC[C@@H]2CNCCO2)c2ccc(F)cc2)cc1.[HH].[HH].[HH]. The summed E-state index contributed by atoms with van der Waals surface area (Å²) >= 11 is 0. The molecule has 250 valence electrons. The molecule has 0 unspecified atom stereocenters. The Kier molecular flexibility index (Phi) is 13.6. The summed E-state index contributed by atoms with van der Waals surface area (Å²) in [6.07, 6.45) is -4.23. The molecule has 0 saturated carbocycles. The van der Waals surface area contributed by atoms with Crippen LogP contribution in [0.15, 0.2) is 66.7 Å². The largest absolute Gasteiger partial charge is 0.497 e. The molecule has 0 bridgehead atoms. The van der Waals surface area contributed by atoms with Gasteiger partial charge in [0.2, 0.25) is 5.91 Å². The van der Waals surface area contributed by atoms with Gasteiger partial charge in [0.05, 0.1) is 26.9 Å². The van der Waals surface area contributed by atoms with Gasteiger partial charge >= 0.3 is 12.3 Å². The van der Waals surface area contributed by atoms with Gasteiger partial charge in [-0.15, -0.1) is 0 Å². The van der Waals surface area contributed by atoms with Gasteiger partial charge < -0.3 is 30.2 Å². The first-order valence-electron chi connectivity index (χ1n) is 14.2. The highest BCUT2D eigenvalue weighted by Crippen LogP contribution is 2.31. The number of anilines is 1. The number of carbonyl (C=O) groups is 2. The van der Waals surface area contributed by atoms with Crippen molar-refractivity contribution in [2.75, 3.05) is 45.8 Å². The third kappa shape index (κ3) is 12.0. The summed E-state index contributed by atoms with van der Waals surface area (Å²) in [5, 5.41) is 7.67. The first-order valence-corrected chi connectivity index (χ1v) is 14.2. The maximum absolute atomic E-state index is 14.7. The molecule has 1 aliphatic heterocycles. The number of alkyl carbamates (subject to hydrolysis) is 1. The van der Waals surface area contributed by atoms with Gasteiger partial charge in [-0.25, -0.2) is 13.6 Å². The van der Waals surface area contributed by atoms with Crippen LogP contribution in [0.5, 0.6) is 5.75 Å². The normalized spacial score (nSPS) is 15.2. The molecule has 8 nitrogen and oxygen atoms in total. The highest BCUT2D eigenvalue weighted by molar-refractivity contribution is 5.92. The van der Waals surface area contributed by atoms with Crippen molar-refractivity contribution in [2.24, 2.45) is 0 Å². The molecule has 1 fully saturated rings. The topological polar surface area (TPSA) is 97.9 Å². The number of nitrogens with one attached hydrogen (secondary N) is 3. The average molecular weight is 644 g/mol. The first-order chi connectivity index (χ1) is 21.5. The van der Waals surface area contributed by atoms with E-state index in [0.29, 0.717) is 36.4 Å². The van der Waals surface area contributed by atoms with Crippen LogP contribution in [-0.2, 0) is 20.7 Å². The van der Waals surface area contributed by atoms with Crippen molar-refractivity contribution in [3.63, 3.8) is 0 Å². The van der Waals surface area contributed by atoms with Crippen LogP contribution in [0.2, 0.25) is 0 Å². The summed E-state index contributed by atoms with van der Waals surface area (Å²) in [5.74, 6) is -0.541. The van der Waals surface area contributed by atoms with Crippen molar-refractivity contribution in [2.45, 2.75) is 37.5 Å². The van der Waals surface area contributed by atoms with Crippen molar-refractivity contribution in [3.05, 3.63) is 95.1 Å². The van der Waals surface area contributed by atoms with E-state index in [1.54, 1.807) is 31.4 Å². The van der Waals surface area contributed by atoms with Crippen LogP contribution in [0, 0.1) is 11.6 Å². The molecular weight excluding hydrogens is 601 g/mol. The van der Waals surface area contributed by atoms with Gasteiger partial charge in [0.1, 0.15) is 23.9 Å². The Morgan fingerprint density at radius 3 is 2.27 bits per heavy atom. The number of halogens is 5. The molecule has 2 amide bonds. The summed E-state index contributed by atoms with van der Waals surface area (Å²) in [5.41, 5.74) is 2.64. The second-order valence-electron chi connectivity index (χ2n) is 10.1. The minimum Gasteiger partial charge on any atom is -0.497 e. The van der Waals surface area contributed by atoms with Gasteiger partial charge in [-0.3, -0.25) is 4.79 Å². The van der Waals surface area contributed by atoms with Gasteiger partial charge in [0.15, 0.2) is 0 Å². The van der Waals surface area contributed by atoms with Crippen LogP contribution in [0.25, 0.3) is 0 Å². The van der Waals surface area contributed by atoms with Gasteiger partial charge in [-0.05, 0) is 60.4 Å². The number of hydrogen-bond acceptors (Lipinski definition) is 6. The van der Waals surface area contributed by atoms with E-state index in [0.717, 1.165) is 31.3 Å². The molecular formula is C32H42F5N3O5. The van der Waals surface area contributed by atoms with E-state index in [9.17, 15) is 31.5 Å². The molecule has 1 saturated heterocycles. The average Bonchev–Trinajstić information content (AvgIpc) is 3.03. The zero-order valence-corrected chi connectivity index (χ0v) is 24.9. The minimum absolute atomic E-state index is 0. The van der Waals surface area contributed by atoms with Crippen LogP contribution in [0.4, 0.5) is 32.4 Å². The smallest absolute Gasteiger partial charge is 0.407 e. The number of benzene rings is 3. The molecule has 13 heteroatoms. The van der Waals surface area contributed by atoms with E-state index in [2.05, 4.69) is 15.4 Å². The lowest BCUT2D eigenvalue weighted by Gasteiger charge is -2.24. The predicted molar refractivity (Wildman–Crippen MR) is 165 cm³/mol. The van der Waals surface area contributed by atoms with E-state index in [-0.39, 0.29) is 40.3 Å². The van der Waals surface area contributed by atoms with Crippen LogP contribution in [0.1, 0.15) is 39.7 Å². The Hall–Kier alpha value is -4.23. The molecule has 0 aromatic heterocycles. The number of ether oxygens (including phenoxy) is 3. The van der Waals surface area contributed by atoms with Gasteiger partial charge in [-0.2, -0.15) is 13.2 Å². The number of morpholine rings is 1. The predicted octanol–water partition coefficient (Wildman–Crippen LogP) is 6.70. The molecule has 4 rings (SSSR count). The Labute approximate surface area is 262 Å². The Bertz CT molecular complexity index is 1380. The highest BCUT2D eigenvalue weighted by Gasteiger charge is 2.27. The lowest BCUT2D eigenvalue weighted by Crippen LogP contribution is -2.38. The van der Waals surface area contributed by atoms with Crippen molar-refractivity contribution < 1.29 is 50.0 Å². The summed E-state index contributed by atoms with van der Waals surface area (Å²) < 4.78 is 77.0. The molecule has 3 N–H and O–H groups in total. The fourth-order valence-corrected chi connectivity index (χ4v) is 4.63. The van der Waals surface area contributed by atoms with E-state index in [1.165, 1.54) is 23.5 Å². The van der Waals surface area contributed by atoms with Crippen molar-refractivity contribution in [1.82, 2.24) is 10.6 Å². The van der Waals surface area contributed by atoms with Crippen LogP contribution >= 0.6 is 0 Å². The summed E-state index contributed by atoms with van der Waals surface area (Å²) in [4.78, 5) is 23.2. The fourth-order valence-electron chi connectivity index (χ4n) is 4.63.